The number of carboxylic acid groups (broad SMARTS) is 1. The van der Waals surface area contributed by atoms with E-state index in [1.54, 1.807) is 0 Å². The van der Waals surface area contributed by atoms with E-state index in [0.717, 1.165) is 5.01 Å². The molecule has 0 fully saturated rings. The molecule has 1 heterocycles. The Morgan fingerprint density at radius 1 is 1.50 bits per heavy atom. The minimum atomic E-state index is -1.06. The number of hydrogen-bond donors (Lipinski definition) is 2. The summed E-state index contributed by atoms with van der Waals surface area (Å²) in [6.07, 6.45) is 1.48. The van der Waals surface area contributed by atoms with Crippen LogP contribution in [-0.2, 0) is 14.4 Å². The maximum absolute atomic E-state index is 11.8. The lowest BCUT2D eigenvalue weighted by Gasteiger charge is -2.20. The zero-order valence-electron chi connectivity index (χ0n) is 10.5. The Bertz CT molecular complexity index is 392. The molecule has 1 rings (SSSR count). The summed E-state index contributed by atoms with van der Waals surface area (Å²) in [5, 5.41) is 16.3. The maximum Gasteiger partial charge on any atom is 0.326 e. The highest BCUT2D eigenvalue weighted by molar-refractivity contribution is 6.39. The Hall–Kier alpha value is -1.92. The molecular formula is C11H17N3O4. The monoisotopic (exact) mass is 255 g/mol. The molecule has 1 aliphatic rings. The lowest BCUT2D eigenvalue weighted by Crippen LogP contribution is -2.45. The van der Waals surface area contributed by atoms with Crippen LogP contribution in [0.1, 0.15) is 32.6 Å². The summed E-state index contributed by atoms with van der Waals surface area (Å²) >= 11 is 0. The molecule has 1 atom stereocenters. The van der Waals surface area contributed by atoms with Crippen LogP contribution in [0.4, 0.5) is 0 Å². The first-order chi connectivity index (χ1) is 8.45. The first-order valence-corrected chi connectivity index (χ1v) is 5.83. The van der Waals surface area contributed by atoms with E-state index < -0.39 is 17.9 Å². The molecule has 0 unspecified atom stereocenters. The smallest absolute Gasteiger partial charge is 0.326 e. The number of nitrogens with one attached hydrogen (secondary N) is 1. The summed E-state index contributed by atoms with van der Waals surface area (Å²) in [6, 6.07) is -0.909. The summed E-state index contributed by atoms with van der Waals surface area (Å²) in [6.45, 7) is 1.84. The van der Waals surface area contributed by atoms with Crippen molar-refractivity contribution in [3.8, 4) is 0 Å². The number of aliphatic carboxylic acids is 1. The predicted octanol–water partition coefficient (Wildman–Crippen LogP) is -0.0359. The zero-order valence-corrected chi connectivity index (χ0v) is 10.5. The van der Waals surface area contributed by atoms with Crippen LogP contribution in [0.15, 0.2) is 5.10 Å². The normalized spacial score (nSPS) is 17.1. The molecule has 2 amide bonds. The fourth-order valence-electron chi connectivity index (χ4n) is 1.62. The number of carbonyl (C=O) groups is 3. The molecule has 0 radical (unpaired) electrons. The third-order valence-electron chi connectivity index (χ3n) is 2.65. The van der Waals surface area contributed by atoms with E-state index >= 15 is 0 Å². The van der Waals surface area contributed by atoms with Crippen LogP contribution in [0.3, 0.4) is 0 Å². The average molecular weight is 255 g/mol. The molecule has 0 bridgehead atoms. The molecule has 7 nitrogen and oxygen atoms in total. The van der Waals surface area contributed by atoms with Crippen molar-refractivity contribution in [2.24, 2.45) is 5.10 Å². The van der Waals surface area contributed by atoms with E-state index in [9.17, 15) is 14.4 Å². The summed E-state index contributed by atoms with van der Waals surface area (Å²) in [4.78, 5) is 33.9. The van der Waals surface area contributed by atoms with Crippen molar-refractivity contribution in [3.63, 3.8) is 0 Å². The molecule has 0 aromatic heterocycles. The molecule has 0 aromatic carbocycles. The van der Waals surface area contributed by atoms with Gasteiger partial charge in [-0.1, -0.05) is 13.3 Å². The molecular weight excluding hydrogens is 238 g/mol. The minimum absolute atomic E-state index is 0.158. The van der Waals surface area contributed by atoms with E-state index in [1.807, 2.05) is 6.92 Å². The van der Waals surface area contributed by atoms with Gasteiger partial charge in [0.25, 0.3) is 5.91 Å². The highest BCUT2D eigenvalue weighted by atomic mass is 16.4. The number of nitrogens with zero attached hydrogens (tertiary/aromatic N) is 2. The largest absolute Gasteiger partial charge is 0.480 e. The van der Waals surface area contributed by atoms with Crippen LogP contribution >= 0.6 is 0 Å². The Balaban J connectivity index is 2.67. The van der Waals surface area contributed by atoms with Crippen molar-refractivity contribution in [2.45, 2.75) is 38.6 Å². The van der Waals surface area contributed by atoms with Crippen LogP contribution in [0, 0.1) is 0 Å². The minimum Gasteiger partial charge on any atom is -0.480 e. The summed E-state index contributed by atoms with van der Waals surface area (Å²) in [7, 11) is 1.47. The first kappa shape index (κ1) is 14.1. The number of carbonyl (C=O) groups excluding carboxylic acids is 2. The molecule has 18 heavy (non-hydrogen) atoms. The van der Waals surface area contributed by atoms with E-state index in [2.05, 4.69) is 10.4 Å². The zero-order chi connectivity index (χ0) is 13.7. The third-order valence-corrected chi connectivity index (χ3v) is 2.65. The topological polar surface area (TPSA) is 99.1 Å². The van der Waals surface area contributed by atoms with E-state index in [-0.39, 0.29) is 24.5 Å². The van der Waals surface area contributed by atoms with Crippen LogP contribution in [-0.4, -0.2) is 46.7 Å². The second kappa shape index (κ2) is 6.13. The summed E-state index contributed by atoms with van der Waals surface area (Å²) in [5.41, 5.74) is 0.194. The van der Waals surface area contributed by atoms with E-state index in [1.165, 1.54) is 7.05 Å². The molecule has 0 aromatic rings. The molecule has 1 aliphatic heterocycles. The van der Waals surface area contributed by atoms with Crippen LogP contribution < -0.4 is 5.32 Å². The van der Waals surface area contributed by atoms with E-state index in [0.29, 0.717) is 12.8 Å². The van der Waals surface area contributed by atoms with Gasteiger partial charge in [-0.3, -0.25) is 9.59 Å². The number of amides is 2. The van der Waals surface area contributed by atoms with Crippen LogP contribution in [0.25, 0.3) is 0 Å². The van der Waals surface area contributed by atoms with Gasteiger partial charge in [0.1, 0.15) is 11.8 Å². The average Bonchev–Trinajstić information content (AvgIpc) is 2.31. The van der Waals surface area contributed by atoms with Gasteiger partial charge in [-0.15, -0.1) is 0 Å². The molecule has 100 valence electrons. The van der Waals surface area contributed by atoms with Crippen molar-refractivity contribution in [2.75, 3.05) is 7.05 Å². The van der Waals surface area contributed by atoms with Crippen molar-refractivity contribution in [1.82, 2.24) is 10.3 Å². The van der Waals surface area contributed by atoms with Crippen molar-refractivity contribution < 1.29 is 19.5 Å². The fourth-order valence-corrected chi connectivity index (χ4v) is 1.62. The first-order valence-electron chi connectivity index (χ1n) is 5.83. The van der Waals surface area contributed by atoms with E-state index in [4.69, 9.17) is 5.11 Å². The molecule has 2 N–H and O–H groups in total. The second-order valence-corrected chi connectivity index (χ2v) is 4.12. The highest BCUT2D eigenvalue weighted by Gasteiger charge is 2.25. The molecule has 0 saturated carbocycles. The molecule has 7 heteroatoms. The van der Waals surface area contributed by atoms with Gasteiger partial charge in [0.2, 0.25) is 5.91 Å². The van der Waals surface area contributed by atoms with Gasteiger partial charge >= 0.3 is 5.97 Å². The highest BCUT2D eigenvalue weighted by Crippen LogP contribution is 2.07. The number of rotatable bonds is 5. The maximum atomic E-state index is 11.8. The van der Waals surface area contributed by atoms with Crippen molar-refractivity contribution in [1.29, 1.82) is 0 Å². The van der Waals surface area contributed by atoms with Gasteiger partial charge in [0, 0.05) is 19.9 Å². The SMILES string of the molecule is CCC[C@H](NC(=O)C1=NN(C)C(=O)CC1)C(=O)O. The molecule has 0 aliphatic carbocycles. The molecule has 0 spiro atoms. The van der Waals surface area contributed by atoms with Gasteiger partial charge in [-0.05, 0) is 6.42 Å². The van der Waals surface area contributed by atoms with Gasteiger partial charge < -0.3 is 10.4 Å². The Labute approximate surface area is 105 Å². The van der Waals surface area contributed by atoms with Gasteiger partial charge in [-0.25, -0.2) is 9.80 Å². The van der Waals surface area contributed by atoms with Crippen LogP contribution in [0.5, 0.6) is 0 Å². The van der Waals surface area contributed by atoms with Crippen molar-refractivity contribution >= 4 is 23.5 Å². The van der Waals surface area contributed by atoms with Gasteiger partial charge in [-0.2, -0.15) is 5.10 Å². The molecule has 0 saturated heterocycles. The lowest BCUT2D eigenvalue weighted by molar-refractivity contribution is -0.141. The fraction of sp³-hybridized carbons (Fsp3) is 0.636. The van der Waals surface area contributed by atoms with Gasteiger partial charge in [0.05, 0.1) is 0 Å². The number of carboxylic acids is 1. The second-order valence-electron chi connectivity index (χ2n) is 4.12. The van der Waals surface area contributed by atoms with Gasteiger partial charge in [0.15, 0.2) is 0 Å². The quantitative estimate of drug-likeness (QED) is 0.720. The summed E-state index contributed by atoms with van der Waals surface area (Å²) < 4.78 is 0. The Kier molecular flexibility index (Phi) is 4.82. The Morgan fingerprint density at radius 3 is 2.67 bits per heavy atom. The van der Waals surface area contributed by atoms with Crippen LogP contribution in [0.2, 0.25) is 0 Å². The predicted molar refractivity (Wildman–Crippen MR) is 63.9 cm³/mol. The van der Waals surface area contributed by atoms with Crippen molar-refractivity contribution in [3.05, 3.63) is 0 Å². The standard InChI is InChI=1S/C11H17N3O4/c1-3-4-8(11(17)18)12-10(16)7-5-6-9(15)14(2)13-7/h8H,3-6H2,1-2H3,(H,12,16)(H,17,18)/t8-/m0/s1. The third kappa shape index (κ3) is 3.54. The Morgan fingerprint density at radius 2 is 2.17 bits per heavy atom. The number of hydrogen-bond acceptors (Lipinski definition) is 4. The number of hydrazone groups is 1. The lowest BCUT2D eigenvalue weighted by atomic mass is 10.1. The summed E-state index contributed by atoms with van der Waals surface area (Å²) in [5.74, 6) is -1.74.